The smallest absolute Gasteiger partial charge is 0.123 e. The van der Waals surface area contributed by atoms with E-state index in [2.05, 4.69) is 35.1 Å². The molecule has 0 saturated heterocycles. The summed E-state index contributed by atoms with van der Waals surface area (Å²) in [4.78, 5) is 0. The molecule has 2 rings (SSSR count). The summed E-state index contributed by atoms with van der Waals surface area (Å²) in [7, 11) is 0. The molecule has 0 aromatic heterocycles. The molecule has 1 aromatic rings. The van der Waals surface area contributed by atoms with Crippen LogP contribution in [0.4, 0.5) is 4.39 Å². The fourth-order valence-corrected chi connectivity index (χ4v) is 4.08. The first-order valence-electron chi connectivity index (χ1n) is 8.34. The molecule has 0 aliphatic heterocycles. The Morgan fingerprint density at radius 3 is 2.86 bits per heavy atom. The Labute approximate surface area is 136 Å². The Morgan fingerprint density at radius 2 is 2.14 bits per heavy atom. The second-order valence-corrected chi connectivity index (χ2v) is 7.15. The molecule has 1 nitrogen and oxygen atoms in total. The summed E-state index contributed by atoms with van der Waals surface area (Å²) in [6, 6.07) is 5.34. The number of halogens is 2. The fourth-order valence-electron chi connectivity index (χ4n) is 3.59. The molecule has 3 atom stereocenters. The molecule has 0 amide bonds. The van der Waals surface area contributed by atoms with Gasteiger partial charge in [0.05, 0.1) is 0 Å². The average molecular weight is 356 g/mol. The number of hydrogen-bond acceptors (Lipinski definition) is 1. The van der Waals surface area contributed by atoms with Gasteiger partial charge in [0.1, 0.15) is 5.82 Å². The lowest BCUT2D eigenvalue weighted by molar-refractivity contribution is 0.209. The van der Waals surface area contributed by atoms with E-state index in [1.54, 1.807) is 6.07 Å². The monoisotopic (exact) mass is 355 g/mol. The van der Waals surface area contributed by atoms with Gasteiger partial charge in [0.25, 0.3) is 0 Å². The molecule has 1 aliphatic carbocycles. The lowest BCUT2D eigenvalue weighted by Gasteiger charge is -2.35. The van der Waals surface area contributed by atoms with Gasteiger partial charge in [-0.05, 0) is 61.4 Å². The third kappa shape index (κ3) is 4.53. The van der Waals surface area contributed by atoms with E-state index in [-0.39, 0.29) is 11.9 Å². The third-order valence-corrected chi connectivity index (χ3v) is 5.50. The van der Waals surface area contributed by atoms with Crippen LogP contribution in [0.1, 0.15) is 64.0 Å². The van der Waals surface area contributed by atoms with Gasteiger partial charge in [0.2, 0.25) is 0 Å². The van der Waals surface area contributed by atoms with Crippen molar-refractivity contribution in [3.05, 3.63) is 34.1 Å². The number of rotatable bonds is 6. The average Bonchev–Trinajstić information content (AvgIpc) is 2.51. The van der Waals surface area contributed by atoms with E-state index in [1.165, 1.54) is 38.2 Å². The zero-order chi connectivity index (χ0) is 15.2. The van der Waals surface area contributed by atoms with Gasteiger partial charge < -0.3 is 5.32 Å². The van der Waals surface area contributed by atoms with Crippen LogP contribution in [-0.2, 0) is 0 Å². The molecule has 21 heavy (non-hydrogen) atoms. The molecule has 0 radical (unpaired) electrons. The summed E-state index contributed by atoms with van der Waals surface area (Å²) in [5.74, 6) is 1.31. The van der Waals surface area contributed by atoms with Crippen LogP contribution < -0.4 is 5.32 Å². The minimum Gasteiger partial charge on any atom is -0.310 e. The molecule has 0 heterocycles. The van der Waals surface area contributed by atoms with Crippen LogP contribution in [0.2, 0.25) is 0 Å². The highest BCUT2D eigenvalue weighted by atomic mass is 79.9. The predicted molar refractivity (Wildman–Crippen MR) is 90.9 cm³/mol. The van der Waals surface area contributed by atoms with Crippen molar-refractivity contribution in [3.8, 4) is 0 Å². The number of nitrogens with one attached hydrogen (secondary N) is 1. The molecule has 1 aromatic carbocycles. The van der Waals surface area contributed by atoms with Crippen LogP contribution in [0.15, 0.2) is 22.7 Å². The SMILES string of the molecule is CCCNC(c1cc(F)ccc1Br)C1CCCC(CC)C1. The van der Waals surface area contributed by atoms with E-state index < -0.39 is 0 Å². The molecule has 1 aliphatic rings. The van der Waals surface area contributed by atoms with Gasteiger partial charge in [-0.3, -0.25) is 0 Å². The molecule has 3 heteroatoms. The van der Waals surface area contributed by atoms with Crippen molar-refractivity contribution in [2.75, 3.05) is 6.54 Å². The zero-order valence-corrected chi connectivity index (χ0v) is 14.8. The molecule has 118 valence electrons. The van der Waals surface area contributed by atoms with Crippen molar-refractivity contribution in [1.82, 2.24) is 5.32 Å². The first-order chi connectivity index (χ1) is 10.2. The Kier molecular flexibility index (Phi) is 6.69. The van der Waals surface area contributed by atoms with E-state index in [0.717, 1.165) is 28.9 Å². The summed E-state index contributed by atoms with van der Waals surface area (Å²) in [5.41, 5.74) is 1.09. The highest BCUT2D eigenvalue weighted by molar-refractivity contribution is 9.10. The largest absolute Gasteiger partial charge is 0.310 e. The third-order valence-electron chi connectivity index (χ3n) is 4.78. The zero-order valence-electron chi connectivity index (χ0n) is 13.2. The Bertz CT molecular complexity index is 449. The van der Waals surface area contributed by atoms with Crippen LogP contribution in [-0.4, -0.2) is 6.54 Å². The second-order valence-electron chi connectivity index (χ2n) is 6.30. The fraction of sp³-hybridized carbons (Fsp3) is 0.667. The summed E-state index contributed by atoms with van der Waals surface area (Å²) in [6.45, 7) is 5.46. The first kappa shape index (κ1) is 17.0. The standard InChI is InChI=1S/C18H27BrFN/c1-3-10-21-18(14-7-5-6-13(4-2)11-14)16-12-15(20)8-9-17(16)19/h8-9,12-14,18,21H,3-7,10-11H2,1-2H3. The van der Waals surface area contributed by atoms with Crippen molar-refractivity contribution in [2.24, 2.45) is 11.8 Å². The normalized spacial score (nSPS) is 24.0. The minimum atomic E-state index is -0.139. The highest BCUT2D eigenvalue weighted by Gasteiger charge is 2.29. The van der Waals surface area contributed by atoms with Crippen molar-refractivity contribution in [2.45, 2.75) is 58.4 Å². The van der Waals surface area contributed by atoms with Crippen LogP contribution in [0.5, 0.6) is 0 Å². The molecule has 3 unspecified atom stereocenters. The van der Waals surface area contributed by atoms with E-state index in [1.807, 2.05) is 6.07 Å². The molecule has 1 fully saturated rings. The topological polar surface area (TPSA) is 12.0 Å². The predicted octanol–water partition coefficient (Wildman–Crippen LogP) is 5.85. The van der Waals surface area contributed by atoms with E-state index in [4.69, 9.17) is 0 Å². The van der Waals surface area contributed by atoms with Crippen molar-refractivity contribution < 1.29 is 4.39 Å². The lowest BCUT2D eigenvalue weighted by Crippen LogP contribution is -2.32. The first-order valence-corrected chi connectivity index (χ1v) is 9.13. The van der Waals surface area contributed by atoms with Gasteiger partial charge in [-0.1, -0.05) is 49.0 Å². The second kappa shape index (κ2) is 8.28. The molecule has 1 N–H and O–H groups in total. The van der Waals surface area contributed by atoms with Gasteiger partial charge in [-0.25, -0.2) is 4.39 Å². The van der Waals surface area contributed by atoms with E-state index in [9.17, 15) is 4.39 Å². The van der Waals surface area contributed by atoms with Gasteiger partial charge in [-0.2, -0.15) is 0 Å². The number of benzene rings is 1. The van der Waals surface area contributed by atoms with Crippen molar-refractivity contribution in [3.63, 3.8) is 0 Å². The summed E-state index contributed by atoms with van der Waals surface area (Å²) < 4.78 is 14.7. The van der Waals surface area contributed by atoms with Gasteiger partial charge in [0.15, 0.2) is 0 Å². The Morgan fingerprint density at radius 1 is 1.33 bits per heavy atom. The highest BCUT2D eigenvalue weighted by Crippen LogP contribution is 2.40. The summed E-state index contributed by atoms with van der Waals surface area (Å²) in [6.07, 6.45) is 7.55. The van der Waals surface area contributed by atoms with Crippen LogP contribution in [0.25, 0.3) is 0 Å². The molecule has 0 spiro atoms. The summed E-state index contributed by atoms with van der Waals surface area (Å²) >= 11 is 3.62. The maximum atomic E-state index is 13.7. The van der Waals surface area contributed by atoms with Crippen LogP contribution in [0, 0.1) is 17.7 Å². The Balaban J connectivity index is 2.22. The van der Waals surface area contributed by atoms with Crippen LogP contribution in [0.3, 0.4) is 0 Å². The molecule has 0 bridgehead atoms. The van der Waals surface area contributed by atoms with Crippen LogP contribution >= 0.6 is 15.9 Å². The molecule has 1 saturated carbocycles. The molecular formula is C18H27BrFN. The van der Waals surface area contributed by atoms with E-state index in [0.29, 0.717) is 5.92 Å². The van der Waals surface area contributed by atoms with Gasteiger partial charge in [0, 0.05) is 10.5 Å². The summed E-state index contributed by atoms with van der Waals surface area (Å²) in [5, 5.41) is 3.67. The molecular weight excluding hydrogens is 329 g/mol. The maximum Gasteiger partial charge on any atom is 0.123 e. The van der Waals surface area contributed by atoms with Crippen molar-refractivity contribution in [1.29, 1.82) is 0 Å². The lowest BCUT2D eigenvalue weighted by atomic mass is 9.75. The van der Waals surface area contributed by atoms with Crippen molar-refractivity contribution >= 4 is 15.9 Å². The van der Waals surface area contributed by atoms with Gasteiger partial charge in [-0.15, -0.1) is 0 Å². The van der Waals surface area contributed by atoms with Gasteiger partial charge >= 0.3 is 0 Å². The number of hydrogen-bond donors (Lipinski definition) is 1. The van der Waals surface area contributed by atoms with E-state index >= 15 is 0 Å². The quantitative estimate of drug-likeness (QED) is 0.675. The Hall–Kier alpha value is -0.410. The minimum absolute atomic E-state index is 0.139. The maximum absolute atomic E-state index is 13.7.